The third-order valence-electron chi connectivity index (χ3n) is 2.89. The number of aromatic nitrogens is 2. The molecule has 1 saturated heterocycles. The molecular weight excluding hydrogens is 248 g/mol. The first-order chi connectivity index (χ1) is 8.69. The normalized spacial score (nSPS) is 18.7. The van der Waals surface area contributed by atoms with Gasteiger partial charge in [-0.15, -0.1) is 0 Å². The number of hydrogen-bond donors (Lipinski definition) is 2. The van der Waals surface area contributed by atoms with E-state index in [1.165, 1.54) is 12.2 Å². The Hall–Kier alpha value is -1.30. The van der Waals surface area contributed by atoms with Crippen molar-refractivity contribution in [1.82, 2.24) is 15.3 Å². The summed E-state index contributed by atoms with van der Waals surface area (Å²) in [6.45, 7) is 2.59. The standard InChI is InChI=1S/C12H18N4OS/c1-8-5-10(16-12(13-2)15-8)11(17)14-6-9-3-4-18-7-9/h5,9H,3-4,6-7H2,1-2H3,(H,14,17)(H,13,15,16). The van der Waals surface area contributed by atoms with Gasteiger partial charge in [-0.05, 0) is 36.8 Å². The molecule has 1 fully saturated rings. The lowest BCUT2D eigenvalue weighted by Crippen LogP contribution is -2.30. The molecule has 2 heterocycles. The molecule has 0 aromatic carbocycles. The Morgan fingerprint density at radius 3 is 3.06 bits per heavy atom. The number of thioether (sulfide) groups is 1. The van der Waals surface area contributed by atoms with E-state index >= 15 is 0 Å². The average molecular weight is 266 g/mol. The number of rotatable bonds is 4. The molecule has 18 heavy (non-hydrogen) atoms. The molecule has 6 heteroatoms. The minimum absolute atomic E-state index is 0.117. The van der Waals surface area contributed by atoms with Gasteiger partial charge in [0.15, 0.2) is 0 Å². The topological polar surface area (TPSA) is 66.9 Å². The van der Waals surface area contributed by atoms with Crippen molar-refractivity contribution in [2.75, 3.05) is 30.4 Å². The number of aryl methyl sites for hydroxylation is 1. The monoisotopic (exact) mass is 266 g/mol. The zero-order chi connectivity index (χ0) is 13.0. The van der Waals surface area contributed by atoms with Crippen LogP contribution < -0.4 is 10.6 Å². The smallest absolute Gasteiger partial charge is 0.270 e. The van der Waals surface area contributed by atoms with E-state index in [0.717, 1.165) is 18.0 Å². The second kappa shape index (κ2) is 6.04. The molecule has 0 saturated carbocycles. The van der Waals surface area contributed by atoms with E-state index < -0.39 is 0 Å². The van der Waals surface area contributed by atoms with Gasteiger partial charge in [-0.2, -0.15) is 11.8 Å². The summed E-state index contributed by atoms with van der Waals surface area (Å²) in [6, 6.07) is 1.71. The zero-order valence-corrected chi connectivity index (χ0v) is 11.5. The highest BCUT2D eigenvalue weighted by Crippen LogP contribution is 2.22. The van der Waals surface area contributed by atoms with E-state index in [0.29, 0.717) is 17.6 Å². The van der Waals surface area contributed by atoms with E-state index in [4.69, 9.17) is 0 Å². The number of hydrogen-bond acceptors (Lipinski definition) is 5. The first-order valence-corrected chi connectivity index (χ1v) is 7.24. The van der Waals surface area contributed by atoms with Crippen molar-refractivity contribution in [2.24, 2.45) is 5.92 Å². The van der Waals surface area contributed by atoms with Crippen molar-refractivity contribution >= 4 is 23.6 Å². The maximum Gasteiger partial charge on any atom is 0.270 e. The van der Waals surface area contributed by atoms with E-state index in [1.54, 1.807) is 13.1 Å². The van der Waals surface area contributed by atoms with Gasteiger partial charge < -0.3 is 10.6 Å². The van der Waals surface area contributed by atoms with Gasteiger partial charge in [0.1, 0.15) is 5.69 Å². The maximum absolute atomic E-state index is 12.0. The molecule has 0 radical (unpaired) electrons. The van der Waals surface area contributed by atoms with Crippen molar-refractivity contribution in [2.45, 2.75) is 13.3 Å². The molecule has 1 aliphatic rings. The summed E-state index contributed by atoms with van der Waals surface area (Å²) in [5.74, 6) is 3.32. The summed E-state index contributed by atoms with van der Waals surface area (Å²) in [7, 11) is 1.74. The fourth-order valence-corrected chi connectivity index (χ4v) is 3.15. The van der Waals surface area contributed by atoms with E-state index in [9.17, 15) is 4.79 Å². The van der Waals surface area contributed by atoms with Crippen molar-refractivity contribution < 1.29 is 4.79 Å². The SMILES string of the molecule is CNc1nc(C)cc(C(=O)NCC2CCSC2)n1. The Morgan fingerprint density at radius 2 is 2.39 bits per heavy atom. The highest BCUT2D eigenvalue weighted by Gasteiger charge is 2.17. The van der Waals surface area contributed by atoms with Crippen LogP contribution in [0.4, 0.5) is 5.95 Å². The number of carbonyl (C=O) groups excluding carboxylic acids is 1. The van der Waals surface area contributed by atoms with Crippen LogP contribution in [0.1, 0.15) is 22.6 Å². The van der Waals surface area contributed by atoms with Crippen LogP contribution in [0.5, 0.6) is 0 Å². The molecule has 1 aliphatic heterocycles. The van der Waals surface area contributed by atoms with Crippen LogP contribution in [0.2, 0.25) is 0 Å². The maximum atomic E-state index is 12.0. The third-order valence-corrected chi connectivity index (χ3v) is 4.12. The van der Waals surface area contributed by atoms with Crippen LogP contribution in [-0.2, 0) is 0 Å². The number of carbonyl (C=O) groups is 1. The van der Waals surface area contributed by atoms with Crippen LogP contribution in [0, 0.1) is 12.8 Å². The summed E-state index contributed by atoms with van der Waals surface area (Å²) in [5, 5.41) is 5.80. The summed E-state index contributed by atoms with van der Waals surface area (Å²) in [4.78, 5) is 20.3. The predicted molar refractivity (Wildman–Crippen MR) is 74.1 cm³/mol. The molecule has 0 aliphatic carbocycles. The fourth-order valence-electron chi connectivity index (χ4n) is 1.87. The first-order valence-electron chi connectivity index (χ1n) is 6.08. The molecule has 2 rings (SSSR count). The van der Waals surface area contributed by atoms with Crippen molar-refractivity contribution in [1.29, 1.82) is 0 Å². The molecule has 1 aromatic heterocycles. The van der Waals surface area contributed by atoms with Crippen molar-refractivity contribution in [3.8, 4) is 0 Å². The minimum atomic E-state index is -0.117. The lowest BCUT2D eigenvalue weighted by Gasteiger charge is -2.10. The van der Waals surface area contributed by atoms with Gasteiger partial charge in [0.05, 0.1) is 0 Å². The number of nitrogens with zero attached hydrogens (tertiary/aromatic N) is 2. The number of anilines is 1. The molecule has 0 spiro atoms. The van der Waals surface area contributed by atoms with E-state index in [1.807, 2.05) is 18.7 Å². The average Bonchev–Trinajstić information content (AvgIpc) is 2.88. The second-order valence-electron chi connectivity index (χ2n) is 4.41. The van der Waals surface area contributed by atoms with Crippen LogP contribution in [0.15, 0.2) is 6.07 Å². The molecular formula is C12H18N4OS. The molecule has 0 bridgehead atoms. The van der Waals surface area contributed by atoms with Gasteiger partial charge in [-0.3, -0.25) is 4.79 Å². The molecule has 1 amide bonds. The predicted octanol–water partition coefficient (Wildman–Crippen LogP) is 1.31. The van der Waals surface area contributed by atoms with Gasteiger partial charge in [0.25, 0.3) is 5.91 Å². The van der Waals surface area contributed by atoms with Crippen LogP contribution in [-0.4, -0.2) is 41.0 Å². The summed E-state index contributed by atoms with van der Waals surface area (Å²) in [6.07, 6.45) is 1.19. The number of amides is 1. The van der Waals surface area contributed by atoms with Gasteiger partial charge in [0.2, 0.25) is 5.95 Å². The first kappa shape index (κ1) is 13.1. The van der Waals surface area contributed by atoms with E-state index in [-0.39, 0.29) is 5.91 Å². The Balaban J connectivity index is 1.97. The lowest BCUT2D eigenvalue weighted by atomic mass is 10.1. The van der Waals surface area contributed by atoms with Crippen molar-refractivity contribution in [3.05, 3.63) is 17.5 Å². The quantitative estimate of drug-likeness (QED) is 0.860. The highest BCUT2D eigenvalue weighted by atomic mass is 32.2. The molecule has 2 N–H and O–H groups in total. The second-order valence-corrected chi connectivity index (χ2v) is 5.56. The molecule has 1 aromatic rings. The Bertz CT molecular complexity index is 432. The highest BCUT2D eigenvalue weighted by molar-refractivity contribution is 7.99. The lowest BCUT2D eigenvalue weighted by molar-refractivity contribution is 0.0943. The zero-order valence-electron chi connectivity index (χ0n) is 10.7. The number of nitrogens with one attached hydrogen (secondary N) is 2. The summed E-state index contributed by atoms with van der Waals surface area (Å²) < 4.78 is 0. The minimum Gasteiger partial charge on any atom is -0.357 e. The van der Waals surface area contributed by atoms with Gasteiger partial charge in [0, 0.05) is 19.3 Å². The van der Waals surface area contributed by atoms with Crippen LogP contribution in [0.25, 0.3) is 0 Å². The Morgan fingerprint density at radius 1 is 1.56 bits per heavy atom. The van der Waals surface area contributed by atoms with Crippen LogP contribution >= 0.6 is 11.8 Å². The van der Waals surface area contributed by atoms with E-state index in [2.05, 4.69) is 20.6 Å². The molecule has 98 valence electrons. The fraction of sp³-hybridized carbons (Fsp3) is 0.583. The summed E-state index contributed by atoms with van der Waals surface area (Å²) >= 11 is 1.95. The Kier molecular flexibility index (Phi) is 4.41. The molecule has 5 nitrogen and oxygen atoms in total. The molecule has 1 unspecified atom stereocenters. The van der Waals surface area contributed by atoms with Gasteiger partial charge in [-0.1, -0.05) is 0 Å². The van der Waals surface area contributed by atoms with Crippen molar-refractivity contribution in [3.63, 3.8) is 0 Å². The molecule has 1 atom stereocenters. The third kappa shape index (κ3) is 3.35. The van der Waals surface area contributed by atoms with Gasteiger partial charge in [-0.25, -0.2) is 9.97 Å². The largest absolute Gasteiger partial charge is 0.357 e. The Labute approximate surface area is 111 Å². The van der Waals surface area contributed by atoms with Crippen LogP contribution in [0.3, 0.4) is 0 Å². The van der Waals surface area contributed by atoms with Gasteiger partial charge >= 0.3 is 0 Å². The summed E-state index contributed by atoms with van der Waals surface area (Å²) in [5.41, 5.74) is 1.22.